The minimum absolute atomic E-state index is 0.360. The average molecular weight is 304 g/mol. The van der Waals surface area contributed by atoms with Crippen molar-refractivity contribution in [3.63, 3.8) is 0 Å². The number of hydrogen-bond donors (Lipinski definition) is 3. The van der Waals surface area contributed by atoms with Crippen LogP contribution in [0.4, 0.5) is 0 Å². The smallest absolute Gasteiger partial charge is 0.162 e. The Hall–Kier alpha value is -2.08. The molecule has 0 spiro atoms. The summed E-state index contributed by atoms with van der Waals surface area (Å²) in [7, 11) is 1.53. The van der Waals surface area contributed by atoms with Gasteiger partial charge in [0.2, 0.25) is 0 Å². The van der Waals surface area contributed by atoms with Gasteiger partial charge in [0.05, 0.1) is 13.7 Å². The predicted molar refractivity (Wildman–Crippen MR) is 81.8 cm³/mol. The van der Waals surface area contributed by atoms with Crippen LogP contribution >= 0.6 is 0 Å². The first-order valence-corrected chi connectivity index (χ1v) is 6.97. The highest BCUT2D eigenvalue weighted by molar-refractivity contribution is 5.44. The summed E-state index contributed by atoms with van der Waals surface area (Å²) in [4.78, 5) is 0. The summed E-state index contributed by atoms with van der Waals surface area (Å²) in [5.74, 6) is 0.999. The quantitative estimate of drug-likeness (QED) is 0.725. The Morgan fingerprint density at radius 3 is 2.36 bits per heavy atom. The number of rotatable bonds is 7. The first kappa shape index (κ1) is 16.3. The molecule has 118 valence electrons. The summed E-state index contributed by atoms with van der Waals surface area (Å²) in [6.45, 7) is -0.160. The van der Waals surface area contributed by atoms with Crippen molar-refractivity contribution in [3.8, 4) is 11.5 Å². The first-order valence-electron chi connectivity index (χ1n) is 6.97. The number of methoxy groups -OCH3 is 1. The van der Waals surface area contributed by atoms with E-state index in [9.17, 15) is 10.2 Å². The summed E-state index contributed by atoms with van der Waals surface area (Å²) in [5, 5.41) is 28.4. The Balaban J connectivity index is 2.17. The van der Waals surface area contributed by atoms with Crippen LogP contribution < -0.4 is 9.47 Å². The van der Waals surface area contributed by atoms with Gasteiger partial charge < -0.3 is 24.8 Å². The molecule has 0 amide bonds. The monoisotopic (exact) mass is 304 g/mol. The van der Waals surface area contributed by atoms with Crippen molar-refractivity contribution in [1.82, 2.24) is 0 Å². The van der Waals surface area contributed by atoms with Crippen molar-refractivity contribution in [2.24, 2.45) is 0 Å². The first-order chi connectivity index (χ1) is 10.7. The Labute approximate surface area is 129 Å². The van der Waals surface area contributed by atoms with Crippen LogP contribution in [0.25, 0.3) is 0 Å². The Kier molecular flexibility index (Phi) is 5.77. The molecular formula is C17H20O5. The maximum absolute atomic E-state index is 9.96. The number of benzene rings is 2. The molecule has 0 bridgehead atoms. The second kappa shape index (κ2) is 7.79. The Bertz CT molecular complexity index is 585. The molecule has 5 heteroatoms. The summed E-state index contributed by atoms with van der Waals surface area (Å²) in [5.41, 5.74) is 1.45. The number of aliphatic hydroxyl groups excluding tert-OH is 3. The van der Waals surface area contributed by atoms with E-state index < -0.39 is 18.8 Å². The highest BCUT2D eigenvalue weighted by Crippen LogP contribution is 2.31. The molecule has 2 unspecified atom stereocenters. The minimum atomic E-state index is -1.24. The van der Waals surface area contributed by atoms with Crippen molar-refractivity contribution in [2.75, 3.05) is 13.7 Å². The van der Waals surface area contributed by atoms with Crippen LogP contribution in [-0.4, -0.2) is 35.1 Å². The number of aliphatic hydroxyl groups is 3. The molecule has 0 fully saturated rings. The lowest BCUT2D eigenvalue weighted by molar-refractivity contribution is -0.0153. The maximum atomic E-state index is 9.96. The lowest BCUT2D eigenvalue weighted by atomic mass is 10.0. The van der Waals surface area contributed by atoms with Crippen LogP contribution in [0.2, 0.25) is 0 Å². The average Bonchev–Trinajstić information content (AvgIpc) is 2.59. The van der Waals surface area contributed by atoms with E-state index in [1.54, 1.807) is 18.2 Å². The molecule has 0 radical (unpaired) electrons. The van der Waals surface area contributed by atoms with E-state index in [2.05, 4.69) is 0 Å². The van der Waals surface area contributed by atoms with Crippen molar-refractivity contribution in [3.05, 3.63) is 59.7 Å². The molecule has 0 saturated carbocycles. The third kappa shape index (κ3) is 3.98. The molecule has 2 aromatic carbocycles. The minimum Gasteiger partial charge on any atom is -0.493 e. The van der Waals surface area contributed by atoms with E-state index in [1.165, 1.54) is 7.11 Å². The molecule has 0 aliphatic carbocycles. The second-order valence-corrected chi connectivity index (χ2v) is 4.88. The van der Waals surface area contributed by atoms with Gasteiger partial charge in [-0.05, 0) is 23.3 Å². The molecule has 0 aromatic heterocycles. The van der Waals surface area contributed by atoms with Gasteiger partial charge in [-0.25, -0.2) is 0 Å². The van der Waals surface area contributed by atoms with Gasteiger partial charge in [-0.1, -0.05) is 36.4 Å². The van der Waals surface area contributed by atoms with Crippen molar-refractivity contribution < 1.29 is 24.8 Å². The Morgan fingerprint density at radius 1 is 1.00 bits per heavy atom. The van der Waals surface area contributed by atoms with Crippen LogP contribution in [0, 0.1) is 0 Å². The number of ether oxygens (including phenoxy) is 2. The fourth-order valence-corrected chi connectivity index (χ4v) is 2.05. The maximum Gasteiger partial charge on any atom is 0.162 e. The van der Waals surface area contributed by atoms with Gasteiger partial charge in [0.1, 0.15) is 18.8 Å². The Morgan fingerprint density at radius 2 is 1.73 bits per heavy atom. The van der Waals surface area contributed by atoms with Crippen molar-refractivity contribution >= 4 is 0 Å². The summed E-state index contributed by atoms with van der Waals surface area (Å²) in [6, 6.07) is 14.5. The van der Waals surface area contributed by atoms with Gasteiger partial charge in [-0.2, -0.15) is 0 Å². The van der Waals surface area contributed by atoms with Gasteiger partial charge in [-0.15, -0.1) is 0 Å². The van der Waals surface area contributed by atoms with Crippen LogP contribution in [0.15, 0.2) is 48.5 Å². The highest BCUT2D eigenvalue weighted by Gasteiger charge is 2.19. The van der Waals surface area contributed by atoms with Gasteiger partial charge in [0, 0.05) is 0 Å². The summed E-state index contributed by atoms with van der Waals surface area (Å²) >= 11 is 0. The van der Waals surface area contributed by atoms with E-state index in [4.69, 9.17) is 14.6 Å². The van der Waals surface area contributed by atoms with E-state index in [-0.39, 0.29) is 0 Å². The second-order valence-electron chi connectivity index (χ2n) is 4.88. The lowest BCUT2D eigenvalue weighted by Gasteiger charge is -2.18. The van der Waals surface area contributed by atoms with E-state index in [0.717, 1.165) is 5.56 Å². The molecule has 3 N–H and O–H groups in total. The van der Waals surface area contributed by atoms with Crippen LogP contribution in [0.5, 0.6) is 11.5 Å². The van der Waals surface area contributed by atoms with E-state index in [1.807, 2.05) is 30.3 Å². The fraction of sp³-hybridized carbons (Fsp3) is 0.294. The van der Waals surface area contributed by atoms with Gasteiger partial charge >= 0.3 is 0 Å². The molecule has 2 aromatic rings. The topological polar surface area (TPSA) is 79.2 Å². The lowest BCUT2D eigenvalue weighted by Crippen LogP contribution is -2.22. The zero-order chi connectivity index (χ0) is 15.9. The third-order valence-corrected chi connectivity index (χ3v) is 3.32. The molecule has 0 saturated heterocycles. The number of hydrogen-bond acceptors (Lipinski definition) is 5. The van der Waals surface area contributed by atoms with Crippen LogP contribution in [0.1, 0.15) is 17.2 Å². The molecule has 2 atom stereocenters. The molecule has 0 aliphatic rings. The molecule has 5 nitrogen and oxygen atoms in total. The van der Waals surface area contributed by atoms with Gasteiger partial charge in [0.25, 0.3) is 0 Å². The van der Waals surface area contributed by atoms with Crippen LogP contribution in [-0.2, 0) is 6.61 Å². The van der Waals surface area contributed by atoms with Crippen molar-refractivity contribution in [2.45, 2.75) is 18.8 Å². The third-order valence-electron chi connectivity index (χ3n) is 3.32. The SMILES string of the molecule is COc1ccc(C(O)C(O)CO)cc1OCc1ccccc1. The zero-order valence-electron chi connectivity index (χ0n) is 12.3. The normalized spacial score (nSPS) is 13.5. The van der Waals surface area contributed by atoms with E-state index in [0.29, 0.717) is 23.7 Å². The van der Waals surface area contributed by atoms with Gasteiger partial charge in [-0.3, -0.25) is 0 Å². The van der Waals surface area contributed by atoms with Crippen molar-refractivity contribution in [1.29, 1.82) is 0 Å². The van der Waals surface area contributed by atoms with Gasteiger partial charge in [0.15, 0.2) is 11.5 Å². The highest BCUT2D eigenvalue weighted by atomic mass is 16.5. The fourth-order valence-electron chi connectivity index (χ4n) is 2.05. The molecule has 0 aliphatic heterocycles. The summed E-state index contributed by atoms with van der Waals surface area (Å²) in [6.07, 6.45) is -2.43. The zero-order valence-corrected chi connectivity index (χ0v) is 12.3. The van der Waals surface area contributed by atoms with Crippen LogP contribution in [0.3, 0.4) is 0 Å². The molecule has 2 rings (SSSR count). The molecular weight excluding hydrogens is 284 g/mol. The molecule has 22 heavy (non-hydrogen) atoms. The largest absolute Gasteiger partial charge is 0.493 e. The standard InChI is InChI=1S/C17H20O5/c1-21-15-8-7-13(17(20)14(19)10-18)9-16(15)22-11-12-5-3-2-4-6-12/h2-9,14,17-20H,10-11H2,1H3. The molecule has 0 heterocycles. The summed E-state index contributed by atoms with van der Waals surface area (Å²) < 4.78 is 11.0. The predicted octanol–water partition coefficient (Wildman–Crippen LogP) is 1.66. The van der Waals surface area contributed by atoms with E-state index >= 15 is 0 Å².